The van der Waals surface area contributed by atoms with Crippen molar-refractivity contribution in [2.75, 3.05) is 0 Å². The second-order valence-electron chi connectivity index (χ2n) is 5.24. The molecule has 1 aromatic heterocycles. The van der Waals surface area contributed by atoms with Crippen molar-refractivity contribution in [1.29, 1.82) is 0 Å². The maximum atomic E-state index is 12.3. The molecule has 7 heteroatoms. The summed E-state index contributed by atoms with van der Waals surface area (Å²) in [6.07, 6.45) is 6.18. The van der Waals surface area contributed by atoms with Gasteiger partial charge in [0.1, 0.15) is 0 Å². The Morgan fingerprint density at radius 2 is 1.85 bits per heavy atom. The second kappa shape index (κ2) is 5.15. The number of hydrogen-bond donors (Lipinski definition) is 0. The molecule has 1 aliphatic heterocycles. The molecule has 2 aliphatic rings. The van der Waals surface area contributed by atoms with Crippen molar-refractivity contribution in [2.45, 2.75) is 39.3 Å². The molecule has 20 heavy (non-hydrogen) atoms. The first-order valence-electron chi connectivity index (χ1n) is 6.97. The molecule has 1 aromatic rings. The predicted octanol–water partition coefficient (Wildman–Crippen LogP) is 0.534. The van der Waals surface area contributed by atoms with Gasteiger partial charge in [0.15, 0.2) is 5.82 Å². The first kappa shape index (κ1) is 13.0. The van der Waals surface area contributed by atoms with Gasteiger partial charge in [-0.3, -0.25) is 14.5 Å². The maximum Gasteiger partial charge on any atom is 0.233 e. The van der Waals surface area contributed by atoms with E-state index in [9.17, 15) is 9.59 Å². The topological polar surface area (TPSA) is 81.0 Å². The number of likely N-dealkylation sites (tertiary alicyclic amines) is 1. The Bertz CT molecular complexity index is 539. The molecule has 2 amide bonds. The van der Waals surface area contributed by atoms with Gasteiger partial charge in [0.2, 0.25) is 11.8 Å². The van der Waals surface area contributed by atoms with Gasteiger partial charge in [-0.15, -0.1) is 5.10 Å². The molecule has 0 spiro atoms. The molecule has 1 saturated heterocycles. The number of fused-ring (bicyclic) bond motifs is 1. The minimum absolute atomic E-state index is 0.0876. The quantitative estimate of drug-likeness (QED) is 0.591. The van der Waals surface area contributed by atoms with E-state index in [1.807, 2.05) is 19.1 Å². The summed E-state index contributed by atoms with van der Waals surface area (Å²) in [7, 11) is 0. The Morgan fingerprint density at radius 3 is 2.45 bits per heavy atom. The fraction of sp³-hybridized carbons (Fsp3) is 0.615. The number of imide groups is 1. The van der Waals surface area contributed by atoms with Crippen molar-refractivity contribution in [1.82, 2.24) is 25.1 Å². The van der Waals surface area contributed by atoms with Crippen LogP contribution in [0.15, 0.2) is 12.2 Å². The molecule has 1 aliphatic carbocycles. The lowest BCUT2D eigenvalue weighted by molar-refractivity contribution is -0.140. The van der Waals surface area contributed by atoms with Crippen molar-refractivity contribution in [3.8, 4) is 0 Å². The number of allylic oxidation sites excluding steroid dienone is 2. The lowest BCUT2D eigenvalue weighted by atomic mass is 9.85. The normalized spacial score (nSPS) is 25.4. The third kappa shape index (κ3) is 2.03. The summed E-state index contributed by atoms with van der Waals surface area (Å²) in [6.45, 7) is 2.89. The van der Waals surface area contributed by atoms with Crippen molar-refractivity contribution in [3.63, 3.8) is 0 Å². The van der Waals surface area contributed by atoms with Gasteiger partial charge in [-0.1, -0.05) is 19.1 Å². The predicted molar refractivity (Wildman–Crippen MR) is 69.0 cm³/mol. The number of aryl methyl sites for hydroxylation is 1. The van der Waals surface area contributed by atoms with Crippen LogP contribution in [0.1, 0.15) is 32.0 Å². The van der Waals surface area contributed by atoms with Crippen LogP contribution in [0.25, 0.3) is 0 Å². The summed E-state index contributed by atoms with van der Waals surface area (Å²) in [6, 6.07) is 0. The van der Waals surface area contributed by atoms with Crippen molar-refractivity contribution in [3.05, 3.63) is 18.0 Å². The second-order valence-corrected chi connectivity index (χ2v) is 5.24. The van der Waals surface area contributed by atoms with Crippen LogP contribution < -0.4 is 0 Å². The van der Waals surface area contributed by atoms with E-state index in [0.717, 1.165) is 6.42 Å². The molecule has 2 atom stereocenters. The molecular formula is C13H17N5O2. The Kier molecular flexibility index (Phi) is 3.33. The summed E-state index contributed by atoms with van der Waals surface area (Å²) < 4.78 is 1.65. The van der Waals surface area contributed by atoms with Gasteiger partial charge in [-0.05, 0) is 29.7 Å². The van der Waals surface area contributed by atoms with Crippen LogP contribution in [-0.4, -0.2) is 36.9 Å². The van der Waals surface area contributed by atoms with E-state index in [-0.39, 0.29) is 30.2 Å². The Hall–Kier alpha value is -2.05. The molecule has 106 valence electrons. The molecule has 0 unspecified atom stereocenters. The Balaban J connectivity index is 1.79. The number of nitrogens with zero attached hydrogens (tertiary/aromatic N) is 5. The lowest BCUT2D eigenvalue weighted by Gasteiger charge is -2.14. The van der Waals surface area contributed by atoms with Crippen LogP contribution in [0, 0.1) is 11.8 Å². The monoisotopic (exact) mass is 275 g/mol. The fourth-order valence-corrected chi connectivity index (χ4v) is 2.89. The zero-order chi connectivity index (χ0) is 14.1. The number of hydrogen-bond acceptors (Lipinski definition) is 5. The van der Waals surface area contributed by atoms with Gasteiger partial charge in [0.25, 0.3) is 0 Å². The number of carbonyl (C=O) groups excluding carboxylic acids is 2. The van der Waals surface area contributed by atoms with Crippen LogP contribution >= 0.6 is 0 Å². The standard InChI is InChI=1S/C13H17N5O2/c1-2-7-18-11(14-15-16-18)8-17-12(19)9-5-3-4-6-10(9)13(17)20/h3-4,9-10H,2,5-8H2,1H3/t9-,10+. The number of tetrazole rings is 1. The number of rotatable bonds is 4. The van der Waals surface area contributed by atoms with Crippen LogP contribution in [-0.2, 0) is 22.7 Å². The van der Waals surface area contributed by atoms with E-state index in [1.54, 1.807) is 4.68 Å². The molecule has 0 N–H and O–H groups in total. The zero-order valence-electron chi connectivity index (χ0n) is 11.4. The van der Waals surface area contributed by atoms with Crippen molar-refractivity contribution < 1.29 is 9.59 Å². The largest absolute Gasteiger partial charge is 0.274 e. The number of amides is 2. The minimum atomic E-state index is -0.192. The average molecular weight is 275 g/mol. The average Bonchev–Trinajstić information content (AvgIpc) is 2.99. The van der Waals surface area contributed by atoms with Crippen LogP contribution in [0.3, 0.4) is 0 Å². The molecule has 0 aromatic carbocycles. The van der Waals surface area contributed by atoms with Gasteiger partial charge >= 0.3 is 0 Å². The minimum Gasteiger partial charge on any atom is -0.274 e. The highest BCUT2D eigenvalue weighted by Crippen LogP contribution is 2.35. The summed E-state index contributed by atoms with van der Waals surface area (Å²) in [5.74, 6) is 0.0111. The van der Waals surface area contributed by atoms with Gasteiger partial charge in [0, 0.05) is 6.54 Å². The van der Waals surface area contributed by atoms with E-state index in [0.29, 0.717) is 25.2 Å². The molecule has 0 radical (unpaired) electrons. The maximum absolute atomic E-state index is 12.3. The van der Waals surface area contributed by atoms with Gasteiger partial charge in [-0.2, -0.15) is 0 Å². The summed E-state index contributed by atoms with van der Waals surface area (Å²) in [4.78, 5) is 26.0. The molecule has 3 rings (SSSR count). The molecule has 1 fully saturated rings. The fourth-order valence-electron chi connectivity index (χ4n) is 2.89. The van der Waals surface area contributed by atoms with Crippen molar-refractivity contribution in [2.24, 2.45) is 11.8 Å². The third-order valence-electron chi connectivity index (χ3n) is 3.94. The zero-order valence-corrected chi connectivity index (χ0v) is 11.4. The third-order valence-corrected chi connectivity index (χ3v) is 3.94. The first-order valence-corrected chi connectivity index (χ1v) is 6.97. The highest BCUT2D eigenvalue weighted by Gasteiger charge is 2.47. The number of carbonyl (C=O) groups is 2. The Labute approximate surface area is 116 Å². The summed E-state index contributed by atoms with van der Waals surface area (Å²) >= 11 is 0. The van der Waals surface area contributed by atoms with Gasteiger partial charge < -0.3 is 0 Å². The molecular weight excluding hydrogens is 258 g/mol. The highest BCUT2D eigenvalue weighted by molar-refractivity contribution is 6.05. The number of aromatic nitrogens is 4. The SMILES string of the molecule is CCCn1nnnc1CN1C(=O)[C@H]2CC=CC[C@H]2C1=O. The van der Waals surface area contributed by atoms with E-state index in [4.69, 9.17) is 0 Å². The smallest absolute Gasteiger partial charge is 0.233 e. The van der Waals surface area contributed by atoms with E-state index < -0.39 is 0 Å². The first-order chi connectivity index (χ1) is 9.72. The van der Waals surface area contributed by atoms with E-state index >= 15 is 0 Å². The van der Waals surface area contributed by atoms with Crippen LogP contribution in [0.4, 0.5) is 0 Å². The molecule has 7 nitrogen and oxygen atoms in total. The summed E-state index contributed by atoms with van der Waals surface area (Å²) in [5.41, 5.74) is 0. The van der Waals surface area contributed by atoms with Gasteiger partial charge in [0.05, 0.1) is 18.4 Å². The highest BCUT2D eigenvalue weighted by atomic mass is 16.2. The van der Waals surface area contributed by atoms with Gasteiger partial charge in [-0.25, -0.2) is 4.68 Å². The summed E-state index contributed by atoms with van der Waals surface area (Å²) in [5, 5.41) is 11.4. The molecule has 2 heterocycles. The molecule has 0 bridgehead atoms. The lowest BCUT2D eigenvalue weighted by Crippen LogP contribution is -2.32. The van der Waals surface area contributed by atoms with Crippen LogP contribution in [0.2, 0.25) is 0 Å². The Morgan fingerprint density at radius 1 is 1.20 bits per heavy atom. The van der Waals surface area contributed by atoms with E-state index in [1.165, 1.54) is 4.90 Å². The van der Waals surface area contributed by atoms with E-state index in [2.05, 4.69) is 15.5 Å². The molecule has 0 saturated carbocycles. The van der Waals surface area contributed by atoms with Crippen LogP contribution in [0.5, 0.6) is 0 Å². The van der Waals surface area contributed by atoms with Crippen molar-refractivity contribution >= 4 is 11.8 Å².